The summed E-state index contributed by atoms with van der Waals surface area (Å²) in [6, 6.07) is 7.93. The molecule has 13 heteroatoms. The second-order valence-corrected chi connectivity index (χ2v) is 9.83. The van der Waals surface area contributed by atoms with Gasteiger partial charge in [0.05, 0.1) is 35.6 Å². The minimum absolute atomic E-state index is 0.118. The molecule has 212 valence electrons. The third kappa shape index (κ3) is 6.22. The molecule has 1 N–H and O–H groups in total. The van der Waals surface area contributed by atoms with Gasteiger partial charge >= 0.3 is 12.1 Å². The number of benzene rings is 2. The maximum atomic E-state index is 15.0. The van der Waals surface area contributed by atoms with Crippen LogP contribution in [0.5, 0.6) is 0 Å². The second kappa shape index (κ2) is 12.0. The quantitative estimate of drug-likeness (QED) is 0.191. The van der Waals surface area contributed by atoms with Gasteiger partial charge < -0.3 is 15.0 Å². The van der Waals surface area contributed by atoms with Crippen molar-refractivity contribution >= 4 is 46.5 Å². The number of nitriles is 1. The van der Waals surface area contributed by atoms with E-state index in [0.29, 0.717) is 25.3 Å². The van der Waals surface area contributed by atoms with Crippen LogP contribution in [-0.2, 0) is 20.5 Å². The summed E-state index contributed by atoms with van der Waals surface area (Å²) in [6.45, 7) is 3.22. The molecule has 2 aromatic carbocycles. The minimum Gasteiger partial charge on any atom is -0.469 e. The molecule has 3 rings (SSSR count). The highest BCUT2D eigenvalue weighted by atomic mass is 32.1. The van der Waals surface area contributed by atoms with E-state index in [-0.39, 0.29) is 41.0 Å². The number of hydrogen-bond donors (Lipinski definition) is 1. The molecule has 2 amide bonds. The lowest BCUT2D eigenvalue weighted by Gasteiger charge is -2.29. The fourth-order valence-corrected chi connectivity index (χ4v) is 4.78. The van der Waals surface area contributed by atoms with Gasteiger partial charge in [-0.3, -0.25) is 19.3 Å². The van der Waals surface area contributed by atoms with Gasteiger partial charge in [0.1, 0.15) is 11.4 Å². The first-order valence-electron chi connectivity index (χ1n) is 12.2. The predicted octanol–water partition coefficient (Wildman–Crippen LogP) is 5.10. The first kappa shape index (κ1) is 30.5. The lowest BCUT2D eigenvalue weighted by Crippen LogP contribution is -2.44. The lowest BCUT2D eigenvalue weighted by molar-refractivity contribution is -0.141. The molecule has 0 atom stereocenters. The van der Waals surface area contributed by atoms with E-state index in [0.717, 1.165) is 17.0 Å². The summed E-state index contributed by atoms with van der Waals surface area (Å²) in [5, 5.41) is 11.5. The largest absolute Gasteiger partial charge is 0.469 e. The van der Waals surface area contributed by atoms with Crippen molar-refractivity contribution < 1.29 is 36.7 Å². The summed E-state index contributed by atoms with van der Waals surface area (Å²) >= 11 is 5.45. The number of unbranched alkanes of at least 4 members (excludes halogenated alkanes) is 2. The van der Waals surface area contributed by atoms with Gasteiger partial charge in [-0.2, -0.15) is 18.4 Å². The van der Waals surface area contributed by atoms with Crippen LogP contribution in [0, 0.1) is 17.1 Å². The molecule has 0 spiro atoms. The molecule has 0 unspecified atom stereocenters. The Morgan fingerprint density at radius 1 is 1.10 bits per heavy atom. The zero-order chi connectivity index (χ0) is 29.8. The zero-order valence-corrected chi connectivity index (χ0v) is 22.7. The Labute approximate surface area is 233 Å². The third-order valence-electron chi connectivity index (χ3n) is 6.38. The molecule has 2 aromatic rings. The molecule has 40 heavy (non-hydrogen) atoms. The minimum atomic E-state index is -4.84. The van der Waals surface area contributed by atoms with E-state index >= 15 is 4.39 Å². The van der Waals surface area contributed by atoms with Gasteiger partial charge in [-0.1, -0.05) is 6.42 Å². The van der Waals surface area contributed by atoms with Gasteiger partial charge in [0.15, 0.2) is 5.11 Å². The fraction of sp³-hybridized carbons (Fsp3) is 0.370. The van der Waals surface area contributed by atoms with Crippen LogP contribution in [0.15, 0.2) is 36.4 Å². The summed E-state index contributed by atoms with van der Waals surface area (Å²) in [4.78, 5) is 39.1. The van der Waals surface area contributed by atoms with Crippen LogP contribution in [0.25, 0.3) is 0 Å². The topological polar surface area (TPSA) is 103 Å². The van der Waals surface area contributed by atoms with Gasteiger partial charge in [-0.25, -0.2) is 4.39 Å². The van der Waals surface area contributed by atoms with E-state index in [1.165, 1.54) is 50.1 Å². The van der Waals surface area contributed by atoms with E-state index in [2.05, 4.69) is 10.1 Å². The number of rotatable bonds is 9. The summed E-state index contributed by atoms with van der Waals surface area (Å²) < 4.78 is 60.2. The highest BCUT2D eigenvalue weighted by Gasteiger charge is 2.51. The molecular weight excluding hydrogens is 552 g/mol. The lowest BCUT2D eigenvalue weighted by atomic mass is 10.0. The molecule has 0 bridgehead atoms. The van der Waals surface area contributed by atoms with Gasteiger partial charge in [0.2, 0.25) is 0 Å². The van der Waals surface area contributed by atoms with Crippen molar-refractivity contribution in [2.75, 3.05) is 23.5 Å². The SMILES string of the molecule is COC(=O)CCCCCNC(=O)c1ccc(N2C(=S)N(c3ccc(C#N)c(C(F)(F)F)c3)C(=O)C2(C)C)cc1F. The van der Waals surface area contributed by atoms with Crippen molar-refractivity contribution in [3.05, 3.63) is 58.9 Å². The van der Waals surface area contributed by atoms with Crippen molar-refractivity contribution in [3.8, 4) is 6.07 Å². The smallest absolute Gasteiger partial charge is 0.417 e. The zero-order valence-electron chi connectivity index (χ0n) is 21.9. The van der Waals surface area contributed by atoms with Crippen molar-refractivity contribution in [2.24, 2.45) is 0 Å². The Kier molecular flexibility index (Phi) is 9.14. The van der Waals surface area contributed by atoms with Crippen LogP contribution < -0.4 is 15.1 Å². The molecule has 1 aliphatic rings. The summed E-state index contributed by atoms with van der Waals surface area (Å²) in [5.41, 5.74) is -3.56. The number of hydrogen-bond acceptors (Lipinski definition) is 6. The number of anilines is 2. The molecule has 1 saturated heterocycles. The van der Waals surface area contributed by atoms with Crippen LogP contribution in [0.1, 0.15) is 61.0 Å². The molecule has 0 saturated carbocycles. The molecule has 0 radical (unpaired) electrons. The summed E-state index contributed by atoms with van der Waals surface area (Å²) in [7, 11) is 1.30. The van der Waals surface area contributed by atoms with Crippen LogP contribution >= 0.6 is 12.2 Å². The highest BCUT2D eigenvalue weighted by molar-refractivity contribution is 7.81. The predicted molar refractivity (Wildman–Crippen MR) is 142 cm³/mol. The second-order valence-electron chi connectivity index (χ2n) is 9.46. The number of halogens is 4. The van der Waals surface area contributed by atoms with Gasteiger partial charge in [-0.05, 0) is 75.3 Å². The standard InChI is InChI=1S/C27H26F4N4O4S/c1-26(2)24(38)34(17-9-8-16(15-32)20(13-17)27(29,30)31)25(40)35(26)18-10-11-19(21(28)14-18)23(37)33-12-6-4-5-7-22(36)39-3/h8-11,13-14H,4-7,12H2,1-3H3,(H,33,37). The number of nitrogens with one attached hydrogen (secondary N) is 1. The van der Waals surface area contributed by atoms with E-state index < -0.39 is 40.5 Å². The average Bonchev–Trinajstić information content (AvgIpc) is 3.07. The van der Waals surface area contributed by atoms with Crippen molar-refractivity contribution in [2.45, 2.75) is 51.2 Å². The average molecular weight is 579 g/mol. The third-order valence-corrected chi connectivity index (χ3v) is 6.75. The van der Waals surface area contributed by atoms with Crippen LogP contribution in [0.2, 0.25) is 0 Å². The van der Waals surface area contributed by atoms with E-state index in [4.69, 9.17) is 17.5 Å². The first-order chi connectivity index (χ1) is 18.7. The first-order valence-corrected chi connectivity index (χ1v) is 12.6. The Balaban J connectivity index is 1.79. The van der Waals surface area contributed by atoms with Crippen LogP contribution in [0.3, 0.4) is 0 Å². The van der Waals surface area contributed by atoms with Crippen molar-refractivity contribution in [3.63, 3.8) is 0 Å². The normalized spacial score (nSPS) is 14.8. The number of alkyl halides is 3. The highest BCUT2D eigenvalue weighted by Crippen LogP contribution is 2.39. The van der Waals surface area contributed by atoms with Crippen molar-refractivity contribution in [1.29, 1.82) is 5.26 Å². The Bertz CT molecular complexity index is 1390. The van der Waals surface area contributed by atoms with Crippen LogP contribution in [0.4, 0.5) is 28.9 Å². The number of ether oxygens (including phenoxy) is 1. The van der Waals surface area contributed by atoms with Crippen molar-refractivity contribution in [1.82, 2.24) is 5.32 Å². The van der Waals surface area contributed by atoms with Gasteiger partial charge in [-0.15, -0.1) is 0 Å². The Morgan fingerprint density at radius 2 is 1.77 bits per heavy atom. The molecule has 0 aromatic heterocycles. The maximum absolute atomic E-state index is 15.0. The number of nitrogens with zero attached hydrogens (tertiary/aromatic N) is 3. The molecule has 1 heterocycles. The number of esters is 1. The Morgan fingerprint density at radius 3 is 2.38 bits per heavy atom. The van der Waals surface area contributed by atoms with Crippen LogP contribution in [-0.4, -0.2) is 42.1 Å². The van der Waals surface area contributed by atoms with Gasteiger partial charge in [0.25, 0.3) is 11.8 Å². The fourth-order valence-electron chi connectivity index (χ4n) is 4.26. The number of thiocarbonyl (C=S) groups is 1. The number of amides is 2. The molecule has 1 aliphatic heterocycles. The molecule has 8 nitrogen and oxygen atoms in total. The molecular formula is C27H26F4N4O4S. The van der Waals surface area contributed by atoms with Gasteiger partial charge in [0, 0.05) is 18.7 Å². The molecule has 0 aliphatic carbocycles. The summed E-state index contributed by atoms with van der Waals surface area (Å²) in [5.74, 6) is -2.53. The van der Waals surface area contributed by atoms with E-state index in [1.54, 1.807) is 0 Å². The number of methoxy groups -OCH3 is 1. The monoisotopic (exact) mass is 578 g/mol. The maximum Gasteiger partial charge on any atom is 0.417 e. The van der Waals surface area contributed by atoms with E-state index in [1.807, 2.05) is 0 Å². The number of carbonyl (C=O) groups excluding carboxylic acids is 3. The number of carbonyl (C=O) groups is 3. The Hall–Kier alpha value is -4.05. The summed E-state index contributed by atoms with van der Waals surface area (Å²) in [6.07, 6.45) is -2.76. The van der Waals surface area contributed by atoms with E-state index in [9.17, 15) is 27.6 Å². The molecule has 1 fully saturated rings.